The summed E-state index contributed by atoms with van der Waals surface area (Å²) in [5, 5.41) is 18.4. The molecule has 0 radical (unpaired) electrons. The number of rotatable bonds is 5. The average molecular weight is 187 g/mol. The van der Waals surface area contributed by atoms with Gasteiger partial charge in [0.05, 0.1) is 12.2 Å². The van der Waals surface area contributed by atoms with Crippen molar-refractivity contribution < 1.29 is 10.2 Å². The van der Waals surface area contributed by atoms with Crippen LogP contribution in [0, 0.1) is 5.92 Å². The van der Waals surface area contributed by atoms with E-state index in [1.807, 2.05) is 0 Å². The standard InChI is InChI=1S/C10H21NO2/c1-3-4-9-5-11(6-9)7-10(2,13)8-12/h9,12-13H,3-8H2,1-2H3. The topological polar surface area (TPSA) is 43.7 Å². The number of aliphatic hydroxyl groups is 2. The predicted molar refractivity (Wildman–Crippen MR) is 52.5 cm³/mol. The molecule has 13 heavy (non-hydrogen) atoms. The molecule has 2 N–H and O–H groups in total. The van der Waals surface area contributed by atoms with Crippen molar-refractivity contribution in [2.24, 2.45) is 5.92 Å². The minimum atomic E-state index is -0.919. The highest BCUT2D eigenvalue weighted by Crippen LogP contribution is 2.22. The Morgan fingerprint density at radius 2 is 2.08 bits per heavy atom. The fourth-order valence-corrected chi connectivity index (χ4v) is 1.93. The van der Waals surface area contributed by atoms with Crippen molar-refractivity contribution in [2.75, 3.05) is 26.2 Å². The molecule has 0 bridgehead atoms. The maximum absolute atomic E-state index is 9.58. The van der Waals surface area contributed by atoms with Gasteiger partial charge in [0.15, 0.2) is 0 Å². The highest BCUT2D eigenvalue weighted by Gasteiger charge is 2.31. The summed E-state index contributed by atoms with van der Waals surface area (Å²) in [6.45, 7) is 6.51. The van der Waals surface area contributed by atoms with E-state index >= 15 is 0 Å². The van der Waals surface area contributed by atoms with Crippen LogP contribution in [0.15, 0.2) is 0 Å². The molecular weight excluding hydrogens is 166 g/mol. The third-order valence-corrected chi connectivity index (χ3v) is 2.63. The first kappa shape index (κ1) is 11.0. The van der Waals surface area contributed by atoms with Crippen LogP contribution in [0.3, 0.4) is 0 Å². The van der Waals surface area contributed by atoms with Gasteiger partial charge in [-0.2, -0.15) is 0 Å². The lowest BCUT2D eigenvalue weighted by Crippen LogP contribution is -2.53. The lowest BCUT2D eigenvalue weighted by molar-refractivity contribution is -0.0517. The second-order valence-corrected chi connectivity index (χ2v) is 4.50. The van der Waals surface area contributed by atoms with E-state index in [1.54, 1.807) is 6.92 Å². The van der Waals surface area contributed by atoms with Gasteiger partial charge in [0.1, 0.15) is 0 Å². The van der Waals surface area contributed by atoms with E-state index in [1.165, 1.54) is 12.8 Å². The summed E-state index contributed by atoms with van der Waals surface area (Å²) in [6, 6.07) is 0. The molecule has 1 rings (SSSR count). The van der Waals surface area contributed by atoms with Gasteiger partial charge in [0, 0.05) is 19.6 Å². The van der Waals surface area contributed by atoms with E-state index in [-0.39, 0.29) is 6.61 Å². The van der Waals surface area contributed by atoms with Gasteiger partial charge in [0.25, 0.3) is 0 Å². The average Bonchev–Trinajstić information content (AvgIpc) is 2.01. The molecule has 0 spiro atoms. The predicted octanol–water partition coefficient (Wildman–Crippen LogP) is 0.462. The Kier molecular flexibility index (Phi) is 3.71. The van der Waals surface area contributed by atoms with Crippen LogP contribution < -0.4 is 0 Å². The van der Waals surface area contributed by atoms with Gasteiger partial charge in [-0.15, -0.1) is 0 Å². The molecule has 0 aromatic heterocycles. The lowest BCUT2D eigenvalue weighted by Gasteiger charge is -2.42. The van der Waals surface area contributed by atoms with Crippen LogP contribution in [0.1, 0.15) is 26.7 Å². The fraction of sp³-hybridized carbons (Fsp3) is 1.00. The summed E-state index contributed by atoms with van der Waals surface area (Å²) in [5.41, 5.74) is -0.919. The Morgan fingerprint density at radius 3 is 2.54 bits per heavy atom. The third-order valence-electron chi connectivity index (χ3n) is 2.63. The first-order valence-corrected chi connectivity index (χ1v) is 5.13. The summed E-state index contributed by atoms with van der Waals surface area (Å²) in [5.74, 6) is 0.819. The number of hydrogen-bond donors (Lipinski definition) is 2. The molecular formula is C10H21NO2. The number of β-amino-alcohol motifs (C(OH)–C–C–N with tert-alkyl or cyclic N) is 1. The lowest BCUT2D eigenvalue weighted by atomic mass is 9.93. The minimum Gasteiger partial charge on any atom is -0.393 e. The summed E-state index contributed by atoms with van der Waals surface area (Å²) in [7, 11) is 0. The van der Waals surface area contributed by atoms with E-state index in [4.69, 9.17) is 5.11 Å². The minimum absolute atomic E-state index is 0.151. The van der Waals surface area contributed by atoms with Gasteiger partial charge in [-0.25, -0.2) is 0 Å². The van der Waals surface area contributed by atoms with Crippen molar-refractivity contribution in [3.05, 3.63) is 0 Å². The number of nitrogens with zero attached hydrogens (tertiary/aromatic N) is 1. The molecule has 1 unspecified atom stereocenters. The summed E-state index contributed by atoms with van der Waals surface area (Å²) < 4.78 is 0. The van der Waals surface area contributed by atoms with Crippen LogP contribution in [-0.2, 0) is 0 Å². The van der Waals surface area contributed by atoms with Crippen molar-refractivity contribution in [2.45, 2.75) is 32.3 Å². The first-order valence-electron chi connectivity index (χ1n) is 5.13. The van der Waals surface area contributed by atoms with E-state index < -0.39 is 5.60 Å². The Hall–Kier alpha value is -0.120. The molecule has 3 heteroatoms. The third kappa shape index (κ3) is 3.25. The molecule has 1 aliphatic heterocycles. The van der Waals surface area contributed by atoms with E-state index in [0.717, 1.165) is 19.0 Å². The Morgan fingerprint density at radius 1 is 1.46 bits per heavy atom. The zero-order valence-electron chi connectivity index (χ0n) is 8.66. The van der Waals surface area contributed by atoms with Crippen molar-refractivity contribution in [3.63, 3.8) is 0 Å². The van der Waals surface area contributed by atoms with Crippen LogP contribution in [0.4, 0.5) is 0 Å². The molecule has 0 aromatic carbocycles. The molecule has 0 aromatic rings. The second-order valence-electron chi connectivity index (χ2n) is 4.50. The van der Waals surface area contributed by atoms with Gasteiger partial charge in [-0.05, 0) is 19.3 Å². The van der Waals surface area contributed by atoms with Crippen LogP contribution >= 0.6 is 0 Å². The largest absolute Gasteiger partial charge is 0.393 e. The summed E-state index contributed by atoms with van der Waals surface area (Å²) >= 11 is 0. The number of aliphatic hydroxyl groups excluding tert-OH is 1. The van der Waals surface area contributed by atoms with Crippen LogP contribution in [-0.4, -0.2) is 47.0 Å². The van der Waals surface area contributed by atoms with Crippen LogP contribution in [0.2, 0.25) is 0 Å². The smallest absolute Gasteiger partial charge is 0.0975 e. The molecule has 1 fully saturated rings. The van der Waals surface area contributed by atoms with Crippen LogP contribution in [0.5, 0.6) is 0 Å². The monoisotopic (exact) mass is 187 g/mol. The zero-order chi connectivity index (χ0) is 9.90. The second kappa shape index (κ2) is 4.40. The molecule has 78 valence electrons. The molecule has 0 aliphatic carbocycles. The van der Waals surface area contributed by atoms with E-state index in [9.17, 15) is 5.11 Å². The van der Waals surface area contributed by atoms with E-state index in [0.29, 0.717) is 6.54 Å². The highest BCUT2D eigenvalue weighted by atomic mass is 16.3. The zero-order valence-corrected chi connectivity index (χ0v) is 8.66. The van der Waals surface area contributed by atoms with Gasteiger partial charge in [-0.1, -0.05) is 13.3 Å². The van der Waals surface area contributed by atoms with Gasteiger partial charge >= 0.3 is 0 Å². The number of hydrogen-bond acceptors (Lipinski definition) is 3. The maximum Gasteiger partial charge on any atom is 0.0975 e. The summed E-state index contributed by atoms with van der Waals surface area (Å²) in [4.78, 5) is 2.20. The van der Waals surface area contributed by atoms with Gasteiger partial charge in [0.2, 0.25) is 0 Å². The Labute approximate surface area is 80.4 Å². The molecule has 0 saturated carbocycles. The molecule has 1 aliphatic rings. The Balaban J connectivity index is 2.14. The normalized spacial score (nSPS) is 24.0. The highest BCUT2D eigenvalue weighted by molar-refractivity contribution is 4.85. The summed E-state index contributed by atoms with van der Waals surface area (Å²) in [6.07, 6.45) is 2.53. The van der Waals surface area contributed by atoms with Gasteiger partial charge in [-0.3, -0.25) is 4.90 Å². The van der Waals surface area contributed by atoms with Crippen molar-refractivity contribution in [1.29, 1.82) is 0 Å². The first-order chi connectivity index (χ1) is 6.07. The van der Waals surface area contributed by atoms with Crippen molar-refractivity contribution in [1.82, 2.24) is 4.90 Å². The fourth-order valence-electron chi connectivity index (χ4n) is 1.93. The van der Waals surface area contributed by atoms with Gasteiger partial charge < -0.3 is 10.2 Å². The molecule has 1 heterocycles. The quantitative estimate of drug-likeness (QED) is 0.657. The molecule has 3 nitrogen and oxygen atoms in total. The van der Waals surface area contributed by atoms with Crippen molar-refractivity contribution >= 4 is 0 Å². The molecule has 0 amide bonds. The molecule has 1 saturated heterocycles. The Bertz CT molecular complexity index is 153. The number of likely N-dealkylation sites (tertiary alicyclic amines) is 1. The van der Waals surface area contributed by atoms with E-state index in [2.05, 4.69) is 11.8 Å². The maximum atomic E-state index is 9.58. The van der Waals surface area contributed by atoms with Crippen LogP contribution in [0.25, 0.3) is 0 Å². The molecule has 1 atom stereocenters. The SMILES string of the molecule is CCCC1CN(CC(C)(O)CO)C1. The van der Waals surface area contributed by atoms with Crippen molar-refractivity contribution in [3.8, 4) is 0 Å².